The molecule has 1 atom stereocenters. The van der Waals surface area contributed by atoms with Gasteiger partial charge in [0.15, 0.2) is 0 Å². The van der Waals surface area contributed by atoms with Gasteiger partial charge in [0.05, 0.1) is 0 Å². The van der Waals surface area contributed by atoms with Gasteiger partial charge < -0.3 is 5.11 Å². The number of nitriles is 1. The van der Waals surface area contributed by atoms with Crippen molar-refractivity contribution in [1.82, 2.24) is 4.57 Å². The van der Waals surface area contributed by atoms with Gasteiger partial charge in [-0.2, -0.15) is 5.26 Å². The quantitative estimate of drug-likeness (QED) is 0.841. The number of nitrogens with zero attached hydrogens (tertiary/aromatic N) is 2. The van der Waals surface area contributed by atoms with Gasteiger partial charge in [-0.1, -0.05) is 33.1 Å². The van der Waals surface area contributed by atoms with Gasteiger partial charge in [-0.05, 0) is 18.4 Å². The summed E-state index contributed by atoms with van der Waals surface area (Å²) in [6, 6.07) is 4.59. The Morgan fingerprint density at radius 1 is 1.44 bits per heavy atom. The third kappa shape index (κ3) is 3.36. The van der Waals surface area contributed by atoms with Crippen molar-refractivity contribution in [2.24, 2.45) is 5.92 Å². The second kappa shape index (κ2) is 6.85. The first-order valence-corrected chi connectivity index (χ1v) is 6.46. The zero-order valence-electron chi connectivity index (χ0n) is 11.0. The Morgan fingerprint density at radius 3 is 2.72 bits per heavy atom. The van der Waals surface area contributed by atoms with E-state index in [2.05, 4.69) is 13.8 Å². The van der Waals surface area contributed by atoms with Crippen LogP contribution in [-0.4, -0.2) is 9.67 Å². The Morgan fingerprint density at radius 2 is 2.17 bits per heavy atom. The standard InChI is InChI=1S/C14H20N2O2/c1-3-5-6-11(4-2)10-16-13(17)8-7-12(9-15)14(16)18/h7-8,11,18H,3-6,10H2,1-2H3. The van der Waals surface area contributed by atoms with Crippen LogP contribution < -0.4 is 5.56 Å². The van der Waals surface area contributed by atoms with E-state index in [-0.39, 0.29) is 17.0 Å². The monoisotopic (exact) mass is 248 g/mol. The number of aromatic nitrogens is 1. The fourth-order valence-electron chi connectivity index (χ4n) is 2.01. The lowest BCUT2D eigenvalue weighted by atomic mass is 9.99. The number of hydrogen-bond donors (Lipinski definition) is 1. The lowest BCUT2D eigenvalue weighted by Crippen LogP contribution is -2.23. The Balaban J connectivity index is 2.95. The van der Waals surface area contributed by atoms with Crippen molar-refractivity contribution in [1.29, 1.82) is 5.26 Å². The van der Waals surface area contributed by atoms with E-state index in [0.29, 0.717) is 12.5 Å². The summed E-state index contributed by atoms with van der Waals surface area (Å²) in [6.07, 6.45) is 4.24. The van der Waals surface area contributed by atoms with Crippen molar-refractivity contribution < 1.29 is 5.11 Å². The first-order valence-electron chi connectivity index (χ1n) is 6.46. The lowest BCUT2D eigenvalue weighted by molar-refractivity contribution is 0.339. The molecule has 0 saturated carbocycles. The zero-order chi connectivity index (χ0) is 13.5. The molecule has 0 spiro atoms. The van der Waals surface area contributed by atoms with Crippen LogP contribution in [0, 0.1) is 17.2 Å². The molecule has 0 fully saturated rings. The van der Waals surface area contributed by atoms with Gasteiger partial charge in [-0.3, -0.25) is 9.36 Å². The molecule has 1 aromatic heterocycles. The van der Waals surface area contributed by atoms with Crippen molar-refractivity contribution in [3.63, 3.8) is 0 Å². The third-order valence-corrected chi connectivity index (χ3v) is 3.26. The molecule has 1 unspecified atom stereocenters. The second-order valence-electron chi connectivity index (χ2n) is 4.55. The van der Waals surface area contributed by atoms with Crippen LogP contribution in [0.25, 0.3) is 0 Å². The van der Waals surface area contributed by atoms with Crippen molar-refractivity contribution >= 4 is 0 Å². The summed E-state index contributed by atoms with van der Waals surface area (Å²) in [5, 5.41) is 18.7. The summed E-state index contributed by atoms with van der Waals surface area (Å²) in [5.41, 5.74) is -0.0959. The van der Waals surface area contributed by atoms with E-state index >= 15 is 0 Å². The first kappa shape index (κ1) is 14.3. The Hall–Kier alpha value is -1.76. The molecule has 0 aliphatic rings. The largest absolute Gasteiger partial charge is 0.493 e. The predicted molar refractivity (Wildman–Crippen MR) is 70.4 cm³/mol. The van der Waals surface area contributed by atoms with E-state index in [1.54, 1.807) is 0 Å². The summed E-state index contributed by atoms with van der Waals surface area (Å²) >= 11 is 0. The summed E-state index contributed by atoms with van der Waals surface area (Å²) in [4.78, 5) is 11.7. The normalized spacial score (nSPS) is 12.1. The van der Waals surface area contributed by atoms with Crippen LogP contribution in [0.1, 0.15) is 45.1 Å². The number of aromatic hydroxyl groups is 1. The fourth-order valence-corrected chi connectivity index (χ4v) is 2.01. The maximum atomic E-state index is 11.7. The minimum atomic E-state index is -0.249. The Bertz CT molecular complexity index is 486. The zero-order valence-corrected chi connectivity index (χ0v) is 11.0. The molecule has 18 heavy (non-hydrogen) atoms. The summed E-state index contributed by atoms with van der Waals surface area (Å²) < 4.78 is 1.31. The van der Waals surface area contributed by atoms with Gasteiger partial charge >= 0.3 is 0 Å². The molecule has 1 rings (SSSR count). The molecular formula is C14H20N2O2. The van der Waals surface area contributed by atoms with Crippen molar-refractivity contribution in [2.75, 3.05) is 0 Å². The van der Waals surface area contributed by atoms with Crippen LogP contribution >= 0.6 is 0 Å². The van der Waals surface area contributed by atoms with E-state index in [0.717, 1.165) is 25.7 Å². The van der Waals surface area contributed by atoms with Gasteiger partial charge in [0.1, 0.15) is 11.6 Å². The lowest BCUT2D eigenvalue weighted by Gasteiger charge is -2.17. The average molecular weight is 248 g/mol. The highest BCUT2D eigenvalue weighted by molar-refractivity contribution is 5.37. The molecule has 0 amide bonds. The van der Waals surface area contributed by atoms with Crippen LogP contribution in [0.15, 0.2) is 16.9 Å². The first-order chi connectivity index (χ1) is 8.63. The topological polar surface area (TPSA) is 66.0 Å². The summed E-state index contributed by atoms with van der Waals surface area (Å²) in [7, 11) is 0. The van der Waals surface area contributed by atoms with Crippen molar-refractivity contribution in [3.05, 3.63) is 28.0 Å². The van der Waals surface area contributed by atoms with Crippen LogP contribution in [0.2, 0.25) is 0 Å². The number of unbranched alkanes of at least 4 members (excludes halogenated alkanes) is 1. The van der Waals surface area contributed by atoms with E-state index in [4.69, 9.17) is 5.26 Å². The van der Waals surface area contributed by atoms with E-state index < -0.39 is 0 Å². The minimum absolute atomic E-state index is 0.153. The second-order valence-corrected chi connectivity index (χ2v) is 4.55. The van der Waals surface area contributed by atoms with Gasteiger partial charge in [0.2, 0.25) is 5.88 Å². The molecule has 0 aromatic carbocycles. The Labute approximate surface area is 107 Å². The molecule has 4 nitrogen and oxygen atoms in total. The van der Waals surface area contributed by atoms with Crippen molar-refractivity contribution in [3.8, 4) is 11.9 Å². The number of pyridine rings is 1. The fraction of sp³-hybridized carbons (Fsp3) is 0.571. The maximum absolute atomic E-state index is 11.7. The molecule has 1 aromatic rings. The van der Waals surface area contributed by atoms with E-state index in [1.807, 2.05) is 6.07 Å². The molecule has 4 heteroatoms. The van der Waals surface area contributed by atoms with E-state index in [1.165, 1.54) is 16.7 Å². The smallest absolute Gasteiger partial charge is 0.253 e. The molecular weight excluding hydrogens is 228 g/mol. The SMILES string of the molecule is CCCCC(CC)Cn1c(O)c(C#N)ccc1=O. The average Bonchev–Trinajstić information content (AvgIpc) is 2.38. The van der Waals surface area contributed by atoms with Gasteiger partial charge in [0, 0.05) is 12.6 Å². The molecule has 0 bridgehead atoms. The minimum Gasteiger partial charge on any atom is -0.493 e. The maximum Gasteiger partial charge on any atom is 0.253 e. The number of hydrogen-bond acceptors (Lipinski definition) is 3. The molecule has 0 aliphatic heterocycles. The summed E-state index contributed by atoms with van der Waals surface area (Å²) in [5.74, 6) is 0.155. The summed E-state index contributed by atoms with van der Waals surface area (Å²) in [6.45, 7) is 4.69. The van der Waals surface area contributed by atoms with Crippen LogP contribution in [0.3, 0.4) is 0 Å². The van der Waals surface area contributed by atoms with Crippen molar-refractivity contribution in [2.45, 2.75) is 46.1 Å². The molecule has 0 radical (unpaired) electrons. The number of rotatable bonds is 6. The highest BCUT2D eigenvalue weighted by Gasteiger charge is 2.13. The predicted octanol–water partition coefficient (Wildman–Crippen LogP) is 2.64. The molecule has 0 saturated heterocycles. The van der Waals surface area contributed by atoms with Crippen LogP contribution in [0.4, 0.5) is 0 Å². The third-order valence-electron chi connectivity index (χ3n) is 3.26. The molecule has 98 valence electrons. The van der Waals surface area contributed by atoms with Gasteiger partial charge in [-0.15, -0.1) is 0 Å². The molecule has 1 heterocycles. The van der Waals surface area contributed by atoms with Crippen LogP contribution in [0.5, 0.6) is 5.88 Å². The van der Waals surface area contributed by atoms with Gasteiger partial charge in [0.25, 0.3) is 5.56 Å². The van der Waals surface area contributed by atoms with E-state index in [9.17, 15) is 9.90 Å². The molecule has 1 N–H and O–H groups in total. The highest BCUT2D eigenvalue weighted by atomic mass is 16.3. The Kier molecular flexibility index (Phi) is 5.44. The molecule has 0 aliphatic carbocycles. The highest BCUT2D eigenvalue weighted by Crippen LogP contribution is 2.19. The van der Waals surface area contributed by atoms with Crippen LogP contribution in [-0.2, 0) is 6.54 Å². The van der Waals surface area contributed by atoms with Gasteiger partial charge in [-0.25, -0.2) is 0 Å².